The maximum absolute atomic E-state index is 4.66. The molecule has 82 valence electrons. The predicted octanol–water partition coefficient (Wildman–Crippen LogP) is 3.04. The van der Waals surface area contributed by atoms with E-state index in [9.17, 15) is 0 Å². The summed E-state index contributed by atoms with van der Waals surface area (Å²) in [5.74, 6) is 1.09. The lowest BCUT2D eigenvalue weighted by Gasteiger charge is -2.26. The Kier molecular flexibility index (Phi) is 3.51. The molecule has 2 nitrogen and oxygen atoms in total. The van der Waals surface area contributed by atoms with Crippen LogP contribution in [0.1, 0.15) is 47.5 Å². The van der Waals surface area contributed by atoms with Gasteiger partial charge in [-0.15, -0.1) is 0 Å². The van der Waals surface area contributed by atoms with Crippen LogP contribution in [0.5, 0.6) is 0 Å². The summed E-state index contributed by atoms with van der Waals surface area (Å²) in [6.45, 7) is 11.1. The second kappa shape index (κ2) is 4.13. The number of aliphatic imine (C=N–C) groups is 1. The van der Waals surface area contributed by atoms with Crippen molar-refractivity contribution in [2.24, 2.45) is 4.99 Å². The van der Waals surface area contributed by atoms with Crippen molar-refractivity contribution in [2.75, 3.05) is 5.75 Å². The van der Waals surface area contributed by atoms with E-state index >= 15 is 0 Å². The summed E-state index contributed by atoms with van der Waals surface area (Å²) in [4.78, 5) is 4.66. The van der Waals surface area contributed by atoms with Gasteiger partial charge in [0.15, 0.2) is 5.17 Å². The highest BCUT2D eigenvalue weighted by Gasteiger charge is 2.28. The van der Waals surface area contributed by atoms with Gasteiger partial charge in [-0.05, 0) is 34.1 Å². The second-order valence-electron chi connectivity index (χ2n) is 5.28. The molecule has 0 aliphatic carbocycles. The van der Waals surface area contributed by atoms with Crippen molar-refractivity contribution in [3.8, 4) is 0 Å². The monoisotopic (exact) mass is 214 g/mol. The lowest BCUT2D eigenvalue weighted by molar-refractivity contribution is 0.421. The molecule has 0 aromatic rings. The Morgan fingerprint density at radius 3 is 2.57 bits per heavy atom. The van der Waals surface area contributed by atoms with Gasteiger partial charge < -0.3 is 5.32 Å². The molecule has 0 unspecified atom stereocenters. The van der Waals surface area contributed by atoms with Crippen molar-refractivity contribution < 1.29 is 0 Å². The van der Waals surface area contributed by atoms with Crippen molar-refractivity contribution in [1.82, 2.24) is 5.32 Å². The lowest BCUT2D eigenvalue weighted by atomic mass is 10.00. The molecule has 1 rings (SSSR count). The van der Waals surface area contributed by atoms with Gasteiger partial charge in [-0.3, -0.25) is 4.99 Å². The van der Waals surface area contributed by atoms with E-state index in [0.29, 0.717) is 0 Å². The van der Waals surface area contributed by atoms with Crippen LogP contribution in [-0.4, -0.2) is 22.0 Å². The first-order chi connectivity index (χ1) is 6.35. The fourth-order valence-corrected chi connectivity index (χ4v) is 2.84. The van der Waals surface area contributed by atoms with E-state index in [-0.39, 0.29) is 11.1 Å². The molecule has 0 bridgehead atoms. The topological polar surface area (TPSA) is 24.4 Å². The van der Waals surface area contributed by atoms with Gasteiger partial charge in [-0.1, -0.05) is 25.1 Å². The third kappa shape index (κ3) is 3.52. The van der Waals surface area contributed by atoms with E-state index in [2.05, 4.69) is 44.9 Å². The number of nitrogens with zero attached hydrogens (tertiary/aromatic N) is 1. The first-order valence-electron chi connectivity index (χ1n) is 5.35. The molecule has 1 heterocycles. The molecule has 0 atom stereocenters. The van der Waals surface area contributed by atoms with Crippen LogP contribution in [0, 0.1) is 0 Å². The van der Waals surface area contributed by atoms with Crippen molar-refractivity contribution in [1.29, 1.82) is 0 Å². The van der Waals surface area contributed by atoms with E-state index in [1.165, 1.54) is 12.8 Å². The molecule has 0 spiro atoms. The third-order valence-electron chi connectivity index (χ3n) is 2.29. The lowest BCUT2D eigenvalue weighted by Crippen LogP contribution is -2.41. The zero-order valence-corrected chi connectivity index (χ0v) is 10.8. The second-order valence-corrected chi connectivity index (χ2v) is 6.24. The van der Waals surface area contributed by atoms with Crippen molar-refractivity contribution in [3.05, 3.63) is 0 Å². The summed E-state index contributed by atoms with van der Waals surface area (Å²) < 4.78 is 0. The number of hydrogen-bond donors (Lipinski definition) is 1. The van der Waals surface area contributed by atoms with Crippen molar-refractivity contribution >= 4 is 16.9 Å². The minimum absolute atomic E-state index is 0.120. The smallest absolute Gasteiger partial charge is 0.157 e. The minimum atomic E-state index is 0.120. The Morgan fingerprint density at radius 2 is 2.14 bits per heavy atom. The van der Waals surface area contributed by atoms with Gasteiger partial charge in [0.1, 0.15) is 0 Å². The van der Waals surface area contributed by atoms with E-state index in [1.54, 1.807) is 0 Å². The van der Waals surface area contributed by atoms with Crippen LogP contribution in [0.4, 0.5) is 0 Å². The first-order valence-corrected chi connectivity index (χ1v) is 6.34. The first kappa shape index (κ1) is 11.9. The standard InChI is InChI=1S/C11H22N2S/c1-6-7-10(2,3)12-9-13-11(4,5)8-14-9/h6-8H2,1-5H3,(H,12,13). The molecule has 14 heavy (non-hydrogen) atoms. The molecule has 0 aromatic carbocycles. The van der Waals surface area contributed by atoms with Crippen LogP contribution in [0.3, 0.4) is 0 Å². The number of nitrogens with one attached hydrogen (secondary N) is 1. The summed E-state index contributed by atoms with van der Waals surface area (Å²) in [7, 11) is 0. The molecular formula is C11H22N2S. The van der Waals surface area contributed by atoms with Crippen LogP contribution in [0.25, 0.3) is 0 Å². The molecule has 0 fully saturated rings. The van der Waals surface area contributed by atoms with E-state index in [1.807, 2.05) is 11.8 Å². The Balaban J connectivity index is 2.53. The maximum atomic E-state index is 4.66. The van der Waals surface area contributed by atoms with Crippen LogP contribution in [0.2, 0.25) is 0 Å². The highest BCUT2D eigenvalue weighted by Crippen LogP contribution is 2.27. The molecule has 0 aromatic heterocycles. The minimum Gasteiger partial charge on any atom is -0.360 e. The van der Waals surface area contributed by atoms with E-state index in [4.69, 9.17) is 0 Å². The van der Waals surface area contributed by atoms with Gasteiger partial charge in [-0.2, -0.15) is 0 Å². The van der Waals surface area contributed by atoms with E-state index < -0.39 is 0 Å². The Bertz CT molecular complexity index is 231. The average molecular weight is 214 g/mol. The van der Waals surface area contributed by atoms with Crippen LogP contribution in [-0.2, 0) is 0 Å². The largest absolute Gasteiger partial charge is 0.360 e. The van der Waals surface area contributed by atoms with Crippen molar-refractivity contribution in [2.45, 2.75) is 58.5 Å². The molecule has 0 radical (unpaired) electrons. The highest BCUT2D eigenvalue weighted by molar-refractivity contribution is 8.14. The summed E-state index contributed by atoms with van der Waals surface area (Å²) in [5.41, 5.74) is 0.302. The fraction of sp³-hybridized carbons (Fsp3) is 0.909. The predicted molar refractivity (Wildman–Crippen MR) is 66.1 cm³/mol. The van der Waals surface area contributed by atoms with Crippen LogP contribution < -0.4 is 5.32 Å². The van der Waals surface area contributed by atoms with Crippen LogP contribution >= 0.6 is 11.8 Å². The average Bonchev–Trinajstić information content (AvgIpc) is 2.28. The Morgan fingerprint density at radius 1 is 1.50 bits per heavy atom. The molecule has 1 aliphatic rings. The summed E-state index contributed by atoms with van der Waals surface area (Å²) >= 11 is 1.84. The normalized spacial score (nSPS) is 20.8. The van der Waals surface area contributed by atoms with Crippen LogP contribution in [0.15, 0.2) is 4.99 Å². The van der Waals surface area contributed by atoms with Gasteiger partial charge in [0.25, 0.3) is 0 Å². The van der Waals surface area contributed by atoms with Gasteiger partial charge in [0.2, 0.25) is 0 Å². The zero-order chi connectivity index (χ0) is 10.8. The van der Waals surface area contributed by atoms with Gasteiger partial charge >= 0.3 is 0 Å². The molecule has 1 aliphatic heterocycles. The molecular weight excluding hydrogens is 192 g/mol. The molecule has 0 saturated heterocycles. The Hall–Kier alpha value is -0.180. The summed E-state index contributed by atoms with van der Waals surface area (Å²) in [6, 6.07) is 0. The van der Waals surface area contributed by atoms with Gasteiger partial charge in [0, 0.05) is 11.3 Å². The number of hydrogen-bond acceptors (Lipinski definition) is 3. The van der Waals surface area contributed by atoms with Crippen molar-refractivity contribution in [3.63, 3.8) is 0 Å². The van der Waals surface area contributed by atoms with Gasteiger partial charge in [0.05, 0.1) is 5.54 Å². The molecule has 3 heteroatoms. The maximum Gasteiger partial charge on any atom is 0.157 e. The number of thioether (sulfide) groups is 1. The fourth-order valence-electron chi connectivity index (χ4n) is 1.63. The molecule has 0 amide bonds. The SMILES string of the molecule is CCCC(C)(C)NC1=NC(C)(C)CS1. The molecule has 1 N–H and O–H groups in total. The number of amidine groups is 1. The highest BCUT2D eigenvalue weighted by atomic mass is 32.2. The summed E-state index contributed by atoms with van der Waals surface area (Å²) in [5, 5.41) is 4.64. The quantitative estimate of drug-likeness (QED) is 0.781. The molecule has 0 saturated carbocycles. The zero-order valence-electron chi connectivity index (χ0n) is 9.98. The summed E-state index contributed by atoms with van der Waals surface area (Å²) in [6.07, 6.45) is 2.40. The third-order valence-corrected chi connectivity index (χ3v) is 3.60. The van der Waals surface area contributed by atoms with Gasteiger partial charge in [-0.25, -0.2) is 0 Å². The Labute approximate surface area is 92.0 Å². The van der Waals surface area contributed by atoms with E-state index in [0.717, 1.165) is 10.9 Å². The number of rotatable bonds is 3.